The number of amides is 1. The topological polar surface area (TPSA) is 81.7 Å². The number of carbonyl (C=O) groups is 3. The molecule has 136 valence electrons. The molecule has 0 fully saturated rings. The first-order chi connectivity index (χ1) is 12.4. The van der Waals surface area contributed by atoms with Crippen LogP contribution in [-0.2, 0) is 20.7 Å². The van der Waals surface area contributed by atoms with E-state index in [2.05, 4.69) is 14.8 Å². The first-order valence-electron chi connectivity index (χ1n) is 8.10. The maximum atomic E-state index is 12.2. The van der Waals surface area contributed by atoms with Crippen LogP contribution in [0.1, 0.15) is 38.3 Å². The summed E-state index contributed by atoms with van der Waals surface area (Å²) in [4.78, 5) is 35.7. The monoisotopic (exact) mass is 355 g/mol. The lowest BCUT2D eigenvalue weighted by atomic mass is 10.1. The molecule has 0 unspecified atom stereocenters. The van der Waals surface area contributed by atoms with Gasteiger partial charge in [-0.2, -0.15) is 0 Å². The number of aryl methyl sites for hydroxylation is 2. The van der Waals surface area contributed by atoms with Gasteiger partial charge in [0.25, 0.3) is 0 Å². The second kappa shape index (κ2) is 8.80. The SMILES string of the molecule is COC(=O)c1cc(NC(=O)CCc2ccc(C)cc2)cc(C(=O)OC)c1. The molecule has 2 aromatic carbocycles. The molecule has 6 nitrogen and oxygen atoms in total. The van der Waals surface area contributed by atoms with E-state index in [1.807, 2.05) is 31.2 Å². The Labute approximate surface area is 152 Å². The van der Waals surface area contributed by atoms with Crippen LogP contribution in [-0.4, -0.2) is 32.1 Å². The molecule has 1 amide bonds. The van der Waals surface area contributed by atoms with Gasteiger partial charge in [0.2, 0.25) is 5.91 Å². The molecule has 0 aliphatic heterocycles. The van der Waals surface area contributed by atoms with Crippen LogP contribution in [0.3, 0.4) is 0 Å². The fourth-order valence-electron chi connectivity index (χ4n) is 2.41. The van der Waals surface area contributed by atoms with E-state index in [0.29, 0.717) is 12.1 Å². The Morgan fingerprint density at radius 2 is 1.42 bits per heavy atom. The minimum atomic E-state index is -0.606. The third-order valence-electron chi connectivity index (χ3n) is 3.82. The van der Waals surface area contributed by atoms with E-state index in [9.17, 15) is 14.4 Å². The van der Waals surface area contributed by atoms with Gasteiger partial charge in [0.05, 0.1) is 25.3 Å². The highest BCUT2D eigenvalue weighted by atomic mass is 16.5. The first-order valence-corrected chi connectivity index (χ1v) is 8.10. The molecule has 0 radical (unpaired) electrons. The number of rotatable bonds is 6. The zero-order chi connectivity index (χ0) is 19.1. The number of ether oxygens (including phenoxy) is 2. The summed E-state index contributed by atoms with van der Waals surface area (Å²) in [5, 5.41) is 2.71. The lowest BCUT2D eigenvalue weighted by Gasteiger charge is -2.10. The Morgan fingerprint density at radius 3 is 1.92 bits per heavy atom. The molecule has 2 rings (SSSR count). The Morgan fingerprint density at radius 1 is 0.885 bits per heavy atom. The number of benzene rings is 2. The summed E-state index contributed by atoms with van der Waals surface area (Å²) in [6.07, 6.45) is 0.867. The highest BCUT2D eigenvalue weighted by molar-refractivity contribution is 5.99. The van der Waals surface area contributed by atoms with Crippen molar-refractivity contribution in [3.8, 4) is 0 Å². The summed E-state index contributed by atoms with van der Waals surface area (Å²) >= 11 is 0. The van der Waals surface area contributed by atoms with Crippen molar-refractivity contribution in [2.24, 2.45) is 0 Å². The lowest BCUT2D eigenvalue weighted by molar-refractivity contribution is -0.116. The normalized spacial score (nSPS) is 10.1. The molecule has 1 N–H and O–H groups in total. The van der Waals surface area contributed by atoms with Gasteiger partial charge < -0.3 is 14.8 Å². The van der Waals surface area contributed by atoms with Crippen molar-refractivity contribution in [3.63, 3.8) is 0 Å². The number of hydrogen-bond acceptors (Lipinski definition) is 5. The summed E-state index contributed by atoms with van der Waals surface area (Å²) in [7, 11) is 2.49. The van der Waals surface area contributed by atoms with Crippen LogP contribution in [0.5, 0.6) is 0 Å². The maximum absolute atomic E-state index is 12.2. The van der Waals surface area contributed by atoms with E-state index in [0.717, 1.165) is 11.1 Å². The first kappa shape index (κ1) is 19.2. The number of nitrogens with one attached hydrogen (secondary N) is 1. The molecule has 0 saturated heterocycles. The third-order valence-corrected chi connectivity index (χ3v) is 3.82. The smallest absolute Gasteiger partial charge is 0.337 e. The molecule has 0 aliphatic carbocycles. The minimum absolute atomic E-state index is 0.157. The van der Waals surface area contributed by atoms with Crippen LogP contribution in [0, 0.1) is 6.92 Å². The fourth-order valence-corrected chi connectivity index (χ4v) is 2.41. The average molecular weight is 355 g/mol. The van der Waals surface area contributed by atoms with Gasteiger partial charge in [0.1, 0.15) is 0 Å². The highest BCUT2D eigenvalue weighted by Gasteiger charge is 2.15. The summed E-state index contributed by atoms with van der Waals surface area (Å²) < 4.78 is 9.35. The Hall–Kier alpha value is -3.15. The number of carbonyl (C=O) groups excluding carboxylic acids is 3. The number of hydrogen-bond donors (Lipinski definition) is 1. The van der Waals surface area contributed by atoms with Crippen molar-refractivity contribution in [2.75, 3.05) is 19.5 Å². The van der Waals surface area contributed by atoms with Crippen LogP contribution in [0.2, 0.25) is 0 Å². The van der Waals surface area contributed by atoms with Crippen LogP contribution >= 0.6 is 0 Å². The number of methoxy groups -OCH3 is 2. The van der Waals surface area contributed by atoms with Crippen molar-refractivity contribution in [1.29, 1.82) is 0 Å². The van der Waals surface area contributed by atoms with E-state index < -0.39 is 11.9 Å². The molecule has 0 heterocycles. The second-order valence-electron chi connectivity index (χ2n) is 5.82. The van der Waals surface area contributed by atoms with Crippen LogP contribution in [0.25, 0.3) is 0 Å². The fraction of sp³-hybridized carbons (Fsp3) is 0.250. The molecule has 26 heavy (non-hydrogen) atoms. The zero-order valence-electron chi connectivity index (χ0n) is 15.0. The molecule has 0 saturated carbocycles. The van der Waals surface area contributed by atoms with E-state index >= 15 is 0 Å². The Bertz CT molecular complexity index is 777. The minimum Gasteiger partial charge on any atom is -0.465 e. The molecule has 6 heteroatoms. The Kier molecular flexibility index (Phi) is 6.49. The predicted octanol–water partition coefficient (Wildman–Crippen LogP) is 3.14. The lowest BCUT2D eigenvalue weighted by Crippen LogP contribution is -2.14. The van der Waals surface area contributed by atoms with Gasteiger partial charge in [0, 0.05) is 12.1 Å². The van der Waals surface area contributed by atoms with Crippen LogP contribution in [0.4, 0.5) is 5.69 Å². The second-order valence-corrected chi connectivity index (χ2v) is 5.82. The Balaban J connectivity index is 2.11. The van der Waals surface area contributed by atoms with Gasteiger partial charge in [-0.05, 0) is 37.1 Å². The summed E-state index contributed by atoms with van der Waals surface area (Å²) in [5.74, 6) is -1.43. The van der Waals surface area contributed by atoms with E-state index in [4.69, 9.17) is 0 Å². The van der Waals surface area contributed by atoms with Crippen molar-refractivity contribution < 1.29 is 23.9 Å². The van der Waals surface area contributed by atoms with Crippen molar-refractivity contribution >= 4 is 23.5 Å². The molecule has 0 spiro atoms. The summed E-state index contributed by atoms with van der Waals surface area (Å²) in [6.45, 7) is 2.00. The summed E-state index contributed by atoms with van der Waals surface area (Å²) in [5.41, 5.74) is 2.87. The van der Waals surface area contributed by atoms with Gasteiger partial charge in [-0.1, -0.05) is 29.8 Å². The number of anilines is 1. The van der Waals surface area contributed by atoms with Gasteiger partial charge in [-0.15, -0.1) is 0 Å². The molecule has 2 aromatic rings. The predicted molar refractivity (Wildman–Crippen MR) is 97.3 cm³/mol. The molecule has 0 atom stereocenters. The molecule has 0 aliphatic rings. The van der Waals surface area contributed by atoms with Gasteiger partial charge in [0.15, 0.2) is 0 Å². The summed E-state index contributed by atoms with van der Waals surface area (Å²) in [6, 6.07) is 12.2. The highest BCUT2D eigenvalue weighted by Crippen LogP contribution is 2.18. The van der Waals surface area contributed by atoms with Crippen LogP contribution < -0.4 is 5.32 Å². The average Bonchev–Trinajstić information content (AvgIpc) is 2.65. The van der Waals surface area contributed by atoms with Crippen molar-refractivity contribution in [3.05, 3.63) is 64.7 Å². The van der Waals surface area contributed by atoms with Gasteiger partial charge in [-0.3, -0.25) is 4.79 Å². The van der Waals surface area contributed by atoms with Crippen molar-refractivity contribution in [2.45, 2.75) is 19.8 Å². The maximum Gasteiger partial charge on any atom is 0.337 e. The van der Waals surface area contributed by atoms with Gasteiger partial charge >= 0.3 is 11.9 Å². The standard InChI is InChI=1S/C20H21NO5/c1-13-4-6-14(7-5-13)8-9-18(22)21-17-11-15(19(23)25-2)10-16(12-17)20(24)26-3/h4-7,10-12H,8-9H2,1-3H3,(H,21,22). The molecule has 0 aromatic heterocycles. The van der Waals surface area contributed by atoms with Crippen LogP contribution in [0.15, 0.2) is 42.5 Å². The zero-order valence-corrected chi connectivity index (χ0v) is 15.0. The van der Waals surface area contributed by atoms with E-state index in [1.165, 1.54) is 32.4 Å². The number of esters is 2. The third kappa shape index (κ3) is 5.17. The van der Waals surface area contributed by atoms with E-state index in [-0.39, 0.29) is 23.5 Å². The molecule has 0 bridgehead atoms. The van der Waals surface area contributed by atoms with E-state index in [1.54, 1.807) is 0 Å². The largest absolute Gasteiger partial charge is 0.465 e. The quantitative estimate of drug-likeness (QED) is 0.805. The van der Waals surface area contributed by atoms with Crippen molar-refractivity contribution in [1.82, 2.24) is 0 Å². The molecular formula is C20H21NO5. The van der Waals surface area contributed by atoms with Gasteiger partial charge in [-0.25, -0.2) is 9.59 Å². The molecular weight excluding hydrogens is 334 g/mol.